The number of nitrogens with two attached hydrogens (primary N) is 1. The number of fused-ring (bicyclic) bond motifs is 1. The van der Waals surface area contributed by atoms with Gasteiger partial charge in [0, 0.05) is 0 Å². The number of imidazole rings is 1. The number of hydrogen-bond donors (Lipinski definition) is 2. The Kier molecular flexibility index (Phi) is 4.33. The number of pyridine rings is 1. The van der Waals surface area contributed by atoms with E-state index >= 15 is 0 Å². The van der Waals surface area contributed by atoms with Gasteiger partial charge < -0.3 is 11.1 Å². The molecule has 10 heteroatoms. The van der Waals surface area contributed by atoms with E-state index in [1.54, 1.807) is 0 Å². The summed E-state index contributed by atoms with van der Waals surface area (Å²) >= 11 is 0. The fraction of sp³-hybridized carbons (Fsp3) is 0.0625. The number of benzene rings is 1. The van der Waals surface area contributed by atoms with E-state index in [2.05, 4.69) is 10.3 Å². The SMILES string of the molecule is NC(=O)C(NC(=O)c1ccc(F)n2c(F)c(F)nc12)c1cccc(F)c1. The molecule has 0 spiro atoms. The van der Waals surface area contributed by atoms with Gasteiger partial charge in [0.2, 0.25) is 11.9 Å². The Morgan fingerprint density at radius 3 is 2.50 bits per heavy atom. The third kappa shape index (κ3) is 2.96. The smallest absolute Gasteiger partial charge is 0.269 e. The van der Waals surface area contributed by atoms with E-state index in [1.165, 1.54) is 12.1 Å². The predicted molar refractivity (Wildman–Crippen MR) is 80.9 cm³/mol. The zero-order chi connectivity index (χ0) is 19.0. The Labute approximate surface area is 143 Å². The summed E-state index contributed by atoms with van der Waals surface area (Å²) in [5.41, 5.74) is 4.26. The molecule has 0 fully saturated rings. The lowest BCUT2D eigenvalue weighted by Gasteiger charge is -2.16. The van der Waals surface area contributed by atoms with Crippen molar-refractivity contribution < 1.29 is 27.2 Å². The largest absolute Gasteiger partial charge is 0.368 e. The lowest BCUT2D eigenvalue weighted by Crippen LogP contribution is -2.37. The maximum atomic E-state index is 13.7. The number of aromatic nitrogens is 2. The van der Waals surface area contributed by atoms with Crippen LogP contribution in [0.2, 0.25) is 0 Å². The summed E-state index contributed by atoms with van der Waals surface area (Å²) in [6.45, 7) is 0. The molecule has 2 amide bonds. The Balaban J connectivity index is 2.01. The molecular formula is C16H10F4N4O2. The molecule has 3 aromatic rings. The van der Waals surface area contributed by atoms with E-state index in [0.29, 0.717) is 0 Å². The molecule has 0 bridgehead atoms. The topological polar surface area (TPSA) is 89.5 Å². The summed E-state index contributed by atoms with van der Waals surface area (Å²) in [7, 11) is 0. The van der Waals surface area contributed by atoms with Crippen molar-refractivity contribution in [2.75, 3.05) is 0 Å². The van der Waals surface area contributed by atoms with Crippen LogP contribution in [-0.2, 0) is 4.79 Å². The van der Waals surface area contributed by atoms with Crippen molar-refractivity contribution in [3.63, 3.8) is 0 Å². The molecule has 2 aromatic heterocycles. The van der Waals surface area contributed by atoms with Crippen LogP contribution in [0.4, 0.5) is 17.6 Å². The molecule has 6 nitrogen and oxygen atoms in total. The predicted octanol–water partition coefficient (Wildman–Crippen LogP) is 1.85. The Morgan fingerprint density at radius 2 is 1.85 bits per heavy atom. The first-order valence-corrected chi connectivity index (χ1v) is 7.17. The van der Waals surface area contributed by atoms with Crippen molar-refractivity contribution >= 4 is 17.5 Å². The maximum absolute atomic E-state index is 13.7. The van der Waals surface area contributed by atoms with Crippen molar-refractivity contribution in [3.8, 4) is 0 Å². The van der Waals surface area contributed by atoms with Crippen molar-refractivity contribution in [3.05, 3.63) is 71.2 Å². The number of carbonyl (C=O) groups excluding carboxylic acids is 2. The third-order valence-electron chi connectivity index (χ3n) is 3.61. The molecule has 2 heterocycles. The van der Waals surface area contributed by atoms with Crippen LogP contribution < -0.4 is 11.1 Å². The van der Waals surface area contributed by atoms with Crippen LogP contribution >= 0.6 is 0 Å². The highest BCUT2D eigenvalue weighted by Gasteiger charge is 2.25. The Bertz CT molecular complexity index is 1030. The zero-order valence-corrected chi connectivity index (χ0v) is 12.8. The minimum Gasteiger partial charge on any atom is -0.368 e. The van der Waals surface area contributed by atoms with Crippen LogP contribution in [0.1, 0.15) is 22.0 Å². The summed E-state index contributed by atoms with van der Waals surface area (Å²) < 4.78 is 54.1. The molecule has 0 saturated heterocycles. The number of rotatable bonds is 4. The van der Waals surface area contributed by atoms with Crippen LogP contribution in [-0.4, -0.2) is 21.2 Å². The van der Waals surface area contributed by atoms with E-state index in [-0.39, 0.29) is 9.96 Å². The number of nitrogens with one attached hydrogen (secondary N) is 1. The lowest BCUT2D eigenvalue weighted by molar-refractivity contribution is -0.120. The summed E-state index contributed by atoms with van der Waals surface area (Å²) in [4.78, 5) is 27.2. The first-order chi connectivity index (χ1) is 12.3. The van der Waals surface area contributed by atoms with Gasteiger partial charge in [-0.05, 0) is 29.8 Å². The van der Waals surface area contributed by atoms with E-state index in [1.807, 2.05) is 0 Å². The number of hydrogen-bond acceptors (Lipinski definition) is 3. The van der Waals surface area contributed by atoms with Crippen LogP contribution in [0.25, 0.3) is 5.65 Å². The standard InChI is InChI=1S/C16H10F4N4O2/c17-8-3-1-2-7(6-8)11(14(21)25)22-16(26)9-4-5-10(18)24-13(20)12(19)23-15(9)24/h1-6,11H,(H2,21,25)(H,22,26). The highest BCUT2D eigenvalue weighted by atomic mass is 19.2. The Hall–Kier alpha value is -3.43. The van der Waals surface area contributed by atoms with Crippen molar-refractivity contribution in [2.24, 2.45) is 5.73 Å². The second-order valence-electron chi connectivity index (χ2n) is 5.29. The van der Waals surface area contributed by atoms with Crippen molar-refractivity contribution in [2.45, 2.75) is 6.04 Å². The molecule has 0 aliphatic carbocycles. The molecule has 0 aliphatic rings. The van der Waals surface area contributed by atoms with Gasteiger partial charge in [0.1, 0.15) is 11.9 Å². The number of amides is 2. The normalized spacial score (nSPS) is 12.2. The fourth-order valence-corrected chi connectivity index (χ4v) is 2.44. The summed E-state index contributed by atoms with van der Waals surface area (Å²) in [6, 6.07) is 5.03. The second kappa shape index (κ2) is 6.47. The molecule has 0 radical (unpaired) electrons. The van der Waals surface area contributed by atoms with E-state index < -0.39 is 52.7 Å². The molecule has 3 rings (SSSR count). The summed E-state index contributed by atoms with van der Waals surface area (Å²) in [5.74, 6) is -7.05. The van der Waals surface area contributed by atoms with Crippen LogP contribution in [0.15, 0.2) is 36.4 Å². The van der Waals surface area contributed by atoms with Gasteiger partial charge in [-0.25, -0.2) is 8.79 Å². The van der Waals surface area contributed by atoms with Gasteiger partial charge in [0.05, 0.1) is 5.56 Å². The van der Waals surface area contributed by atoms with Crippen molar-refractivity contribution in [1.29, 1.82) is 0 Å². The fourth-order valence-electron chi connectivity index (χ4n) is 2.44. The summed E-state index contributed by atoms with van der Waals surface area (Å²) in [5, 5.41) is 2.22. The number of halogens is 4. The van der Waals surface area contributed by atoms with Crippen molar-refractivity contribution in [1.82, 2.24) is 14.7 Å². The van der Waals surface area contributed by atoms with Gasteiger partial charge in [0.25, 0.3) is 17.8 Å². The zero-order valence-electron chi connectivity index (χ0n) is 12.8. The highest BCUT2D eigenvalue weighted by Crippen LogP contribution is 2.19. The second-order valence-corrected chi connectivity index (χ2v) is 5.29. The number of nitrogens with zero attached hydrogens (tertiary/aromatic N) is 2. The van der Waals surface area contributed by atoms with Gasteiger partial charge >= 0.3 is 0 Å². The van der Waals surface area contributed by atoms with Crippen LogP contribution in [0, 0.1) is 23.7 Å². The Morgan fingerprint density at radius 1 is 1.12 bits per heavy atom. The molecule has 0 aliphatic heterocycles. The van der Waals surface area contributed by atoms with E-state index in [4.69, 9.17) is 5.73 Å². The third-order valence-corrected chi connectivity index (χ3v) is 3.61. The molecule has 1 atom stereocenters. The average molecular weight is 366 g/mol. The average Bonchev–Trinajstić information content (AvgIpc) is 2.88. The van der Waals surface area contributed by atoms with Gasteiger partial charge in [-0.2, -0.15) is 18.2 Å². The van der Waals surface area contributed by atoms with Gasteiger partial charge in [0.15, 0.2) is 5.65 Å². The first kappa shape index (κ1) is 17.4. The summed E-state index contributed by atoms with van der Waals surface area (Å²) in [6.07, 6.45) is 0. The van der Waals surface area contributed by atoms with Gasteiger partial charge in [-0.15, -0.1) is 0 Å². The molecule has 134 valence electrons. The van der Waals surface area contributed by atoms with E-state index in [0.717, 1.165) is 24.3 Å². The lowest BCUT2D eigenvalue weighted by atomic mass is 10.1. The molecule has 1 unspecified atom stereocenters. The van der Waals surface area contributed by atoms with Crippen LogP contribution in [0.5, 0.6) is 0 Å². The van der Waals surface area contributed by atoms with Gasteiger partial charge in [-0.1, -0.05) is 12.1 Å². The number of carbonyl (C=O) groups is 2. The highest BCUT2D eigenvalue weighted by molar-refractivity contribution is 6.02. The maximum Gasteiger partial charge on any atom is 0.269 e. The molecule has 1 aromatic carbocycles. The monoisotopic (exact) mass is 366 g/mol. The van der Waals surface area contributed by atoms with E-state index in [9.17, 15) is 27.2 Å². The first-order valence-electron chi connectivity index (χ1n) is 7.17. The number of primary amides is 1. The molecule has 3 N–H and O–H groups in total. The van der Waals surface area contributed by atoms with Gasteiger partial charge in [-0.3, -0.25) is 9.59 Å². The minimum absolute atomic E-state index is 0.0599. The molecule has 0 saturated carbocycles. The quantitative estimate of drug-likeness (QED) is 0.546. The molecular weight excluding hydrogens is 356 g/mol. The minimum atomic E-state index is -1.61. The molecule has 26 heavy (non-hydrogen) atoms. The van der Waals surface area contributed by atoms with Crippen LogP contribution in [0.3, 0.4) is 0 Å².